The van der Waals surface area contributed by atoms with Gasteiger partial charge < -0.3 is 15.5 Å². The van der Waals surface area contributed by atoms with E-state index in [1.807, 2.05) is 0 Å². The van der Waals surface area contributed by atoms with Gasteiger partial charge >= 0.3 is 0 Å². The number of nitrogens with zero attached hydrogens (tertiary/aromatic N) is 1. The minimum Gasteiger partial charge on any atom is -0.378 e. The molecular weight excluding hydrogens is 266 g/mol. The van der Waals surface area contributed by atoms with E-state index >= 15 is 0 Å². The van der Waals surface area contributed by atoms with Crippen LogP contribution in [0.25, 0.3) is 0 Å². The largest absolute Gasteiger partial charge is 0.378 e. The average molecular weight is 291 g/mol. The molecule has 0 spiro atoms. The Morgan fingerprint density at radius 3 is 2.40 bits per heavy atom. The molecule has 1 aromatic rings. The van der Waals surface area contributed by atoms with Crippen molar-refractivity contribution < 1.29 is 0 Å². The molecule has 0 aliphatic heterocycles. The molecule has 1 fully saturated rings. The lowest BCUT2D eigenvalue weighted by molar-refractivity contribution is 0.412. The van der Waals surface area contributed by atoms with Crippen LogP contribution in [0.2, 0.25) is 0 Å². The Morgan fingerprint density at radius 2 is 1.80 bits per heavy atom. The zero-order valence-electron chi connectivity index (χ0n) is 12.5. The van der Waals surface area contributed by atoms with Gasteiger partial charge in [-0.15, -0.1) is 0 Å². The highest BCUT2D eigenvalue weighted by Gasteiger charge is 2.13. The molecule has 1 aliphatic carbocycles. The molecule has 0 radical (unpaired) electrons. The van der Waals surface area contributed by atoms with Crippen LogP contribution in [-0.4, -0.2) is 25.2 Å². The molecule has 0 unspecified atom stereocenters. The van der Waals surface area contributed by atoms with Gasteiger partial charge in [-0.2, -0.15) is 0 Å². The quantitative estimate of drug-likeness (QED) is 0.834. The molecular formula is C16H25N3S. The fraction of sp³-hybridized carbons (Fsp3) is 0.562. The van der Waals surface area contributed by atoms with E-state index in [0.717, 1.165) is 11.7 Å². The van der Waals surface area contributed by atoms with Gasteiger partial charge in [-0.05, 0) is 42.8 Å². The summed E-state index contributed by atoms with van der Waals surface area (Å²) in [5.74, 6) is 0. The van der Waals surface area contributed by atoms with Crippen molar-refractivity contribution in [1.29, 1.82) is 0 Å². The number of benzene rings is 1. The first kappa shape index (κ1) is 15.1. The predicted octanol–water partition coefficient (Wildman–Crippen LogP) is 3.05. The minimum absolute atomic E-state index is 0.569. The van der Waals surface area contributed by atoms with E-state index in [1.165, 1.54) is 43.4 Å². The second kappa shape index (κ2) is 7.48. The second-order valence-corrected chi connectivity index (χ2v) is 6.13. The molecule has 0 amide bonds. The van der Waals surface area contributed by atoms with E-state index in [1.54, 1.807) is 0 Å². The van der Waals surface area contributed by atoms with Crippen molar-refractivity contribution in [2.75, 3.05) is 19.0 Å². The topological polar surface area (TPSA) is 27.3 Å². The van der Waals surface area contributed by atoms with Gasteiger partial charge in [0.05, 0.1) is 0 Å². The lowest BCUT2D eigenvalue weighted by atomic mass is 9.96. The zero-order valence-corrected chi connectivity index (χ0v) is 13.3. The van der Waals surface area contributed by atoms with Gasteiger partial charge in [0.1, 0.15) is 0 Å². The van der Waals surface area contributed by atoms with Crippen LogP contribution in [0.4, 0.5) is 5.69 Å². The molecule has 0 heterocycles. The maximum atomic E-state index is 5.37. The highest BCUT2D eigenvalue weighted by molar-refractivity contribution is 7.80. The fourth-order valence-electron chi connectivity index (χ4n) is 2.58. The lowest BCUT2D eigenvalue weighted by Gasteiger charge is -2.24. The van der Waals surface area contributed by atoms with Gasteiger partial charge in [-0.25, -0.2) is 0 Å². The van der Waals surface area contributed by atoms with Gasteiger partial charge in [0, 0.05) is 32.4 Å². The Kier molecular flexibility index (Phi) is 5.65. The summed E-state index contributed by atoms with van der Waals surface area (Å²) in [4.78, 5) is 2.10. The SMILES string of the molecule is CN(C)c1ccc(CNC(=S)NC2CCCCC2)cc1. The second-order valence-electron chi connectivity index (χ2n) is 5.72. The molecule has 0 atom stereocenters. The highest BCUT2D eigenvalue weighted by Crippen LogP contribution is 2.17. The van der Waals surface area contributed by atoms with Crippen LogP contribution in [0.5, 0.6) is 0 Å². The Balaban J connectivity index is 1.74. The highest BCUT2D eigenvalue weighted by atomic mass is 32.1. The fourth-order valence-corrected chi connectivity index (χ4v) is 2.82. The molecule has 3 nitrogen and oxygen atoms in total. The van der Waals surface area contributed by atoms with Gasteiger partial charge in [0.25, 0.3) is 0 Å². The third kappa shape index (κ3) is 4.67. The molecule has 0 saturated heterocycles. The van der Waals surface area contributed by atoms with E-state index in [-0.39, 0.29) is 0 Å². The molecule has 1 aromatic carbocycles. The lowest BCUT2D eigenvalue weighted by Crippen LogP contribution is -2.42. The maximum absolute atomic E-state index is 5.37. The third-order valence-electron chi connectivity index (χ3n) is 3.85. The Morgan fingerprint density at radius 1 is 1.15 bits per heavy atom. The summed E-state index contributed by atoms with van der Waals surface area (Å²) in [6, 6.07) is 9.13. The van der Waals surface area contributed by atoms with Crippen LogP contribution in [0.3, 0.4) is 0 Å². The van der Waals surface area contributed by atoms with Crippen LogP contribution in [0.1, 0.15) is 37.7 Å². The Labute approximate surface area is 127 Å². The number of nitrogens with one attached hydrogen (secondary N) is 2. The average Bonchev–Trinajstić information content (AvgIpc) is 2.46. The number of hydrogen-bond donors (Lipinski definition) is 2. The van der Waals surface area contributed by atoms with E-state index in [9.17, 15) is 0 Å². The summed E-state index contributed by atoms with van der Waals surface area (Å²) < 4.78 is 0. The Bertz CT molecular complexity index is 422. The van der Waals surface area contributed by atoms with Crippen LogP contribution >= 0.6 is 12.2 Å². The number of thiocarbonyl (C=S) groups is 1. The molecule has 0 aromatic heterocycles. The van der Waals surface area contributed by atoms with Gasteiger partial charge in [-0.1, -0.05) is 31.4 Å². The number of anilines is 1. The van der Waals surface area contributed by atoms with Gasteiger partial charge in [0.2, 0.25) is 0 Å². The van der Waals surface area contributed by atoms with Crippen molar-refractivity contribution in [2.24, 2.45) is 0 Å². The summed E-state index contributed by atoms with van der Waals surface area (Å²) in [5.41, 5.74) is 2.47. The first-order chi connectivity index (χ1) is 9.65. The molecule has 1 saturated carbocycles. The van der Waals surface area contributed by atoms with Gasteiger partial charge in [0.15, 0.2) is 5.11 Å². The van der Waals surface area contributed by atoms with Crippen LogP contribution in [0.15, 0.2) is 24.3 Å². The number of hydrogen-bond acceptors (Lipinski definition) is 2. The smallest absolute Gasteiger partial charge is 0.166 e. The normalized spacial score (nSPS) is 15.7. The number of rotatable bonds is 4. The van der Waals surface area contributed by atoms with Crippen molar-refractivity contribution in [3.63, 3.8) is 0 Å². The third-order valence-corrected chi connectivity index (χ3v) is 4.11. The minimum atomic E-state index is 0.569. The van der Waals surface area contributed by atoms with E-state index < -0.39 is 0 Å². The molecule has 20 heavy (non-hydrogen) atoms. The monoisotopic (exact) mass is 291 g/mol. The van der Waals surface area contributed by atoms with Crippen molar-refractivity contribution in [1.82, 2.24) is 10.6 Å². The van der Waals surface area contributed by atoms with E-state index in [4.69, 9.17) is 12.2 Å². The molecule has 4 heteroatoms. The van der Waals surface area contributed by atoms with Crippen LogP contribution < -0.4 is 15.5 Å². The summed E-state index contributed by atoms with van der Waals surface area (Å²) in [7, 11) is 4.10. The molecule has 110 valence electrons. The molecule has 0 bridgehead atoms. The zero-order chi connectivity index (χ0) is 14.4. The summed E-state index contributed by atoms with van der Waals surface area (Å²) >= 11 is 5.37. The first-order valence-electron chi connectivity index (χ1n) is 7.46. The van der Waals surface area contributed by atoms with Crippen molar-refractivity contribution in [3.05, 3.63) is 29.8 Å². The summed E-state index contributed by atoms with van der Waals surface area (Å²) in [6.45, 7) is 0.784. The first-order valence-corrected chi connectivity index (χ1v) is 7.86. The van der Waals surface area contributed by atoms with Crippen molar-refractivity contribution >= 4 is 23.0 Å². The standard InChI is InChI=1S/C16H25N3S/c1-19(2)15-10-8-13(9-11-15)12-17-16(20)18-14-6-4-3-5-7-14/h8-11,14H,3-7,12H2,1-2H3,(H2,17,18,20). The van der Waals surface area contributed by atoms with E-state index in [2.05, 4.69) is 53.9 Å². The summed E-state index contributed by atoms with van der Waals surface area (Å²) in [5, 5.41) is 7.52. The summed E-state index contributed by atoms with van der Waals surface area (Å²) in [6.07, 6.45) is 6.52. The van der Waals surface area contributed by atoms with Crippen LogP contribution in [-0.2, 0) is 6.54 Å². The maximum Gasteiger partial charge on any atom is 0.166 e. The molecule has 2 N–H and O–H groups in total. The predicted molar refractivity (Wildman–Crippen MR) is 90.2 cm³/mol. The van der Waals surface area contributed by atoms with E-state index in [0.29, 0.717) is 6.04 Å². The van der Waals surface area contributed by atoms with Crippen LogP contribution in [0, 0.1) is 0 Å². The van der Waals surface area contributed by atoms with Crippen molar-refractivity contribution in [2.45, 2.75) is 44.7 Å². The Hall–Kier alpha value is -1.29. The van der Waals surface area contributed by atoms with Crippen molar-refractivity contribution in [3.8, 4) is 0 Å². The van der Waals surface area contributed by atoms with Gasteiger partial charge in [-0.3, -0.25) is 0 Å². The molecule has 2 rings (SSSR count). The molecule has 1 aliphatic rings.